The highest BCUT2D eigenvalue weighted by molar-refractivity contribution is 9.10. The van der Waals surface area contributed by atoms with Gasteiger partial charge >= 0.3 is 0 Å². The van der Waals surface area contributed by atoms with Crippen molar-refractivity contribution in [3.05, 3.63) is 52.6 Å². The predicted molar refractivity (Wildman–Crippen MR) is 68.2 cm³/mol. The van der Waals surface area contributed by atoms with Gasteiger partial charge in [0.2, 0.25) is 0 Å². The van der Waals surface area contributed by atoms with Crippen molar-refractivity contribution < 1.29 is 4.39 Å². The molecule has 0 amide bonds. The molecule has 0 fully saturated rings. The van der Waals surface area contributed by atoms with Gasteiger partial charge in [-0.3, -0.25) is 4.98 Å². The van der Waals surface area contributed by atoms with Crippen LogP contribution in [0.4, 0.5) is 10.2 Å². The molecule has 5 heteroatoms. The third-order valence-electron chi connectivity index (χ3n) is 2.32. The molecule has 0 saturated heterocycles. The van der Waals surface area contributed by atoms with Crippen molar-refractivity contribution in [2.24, 2.45) is 0 Å². The lowest BCUT2D eigenvalue weighted by Crippen LogP contribution is -2.19. The molecule has 3 nitrogen and oxygen atoms in total. The van der Waals surface area contributed by atoms with Gasteiger partial charge in [-0.1, -0.05) is 0 Å². The number of aromatic nitrogens is 2. The monoisotopic (exact) mass is 295 g/mol. The molecule has 0 saturated carbocycles. The first kappa shape index (κ1) is 12.0. The molecule has 88 valence electrons. The summed E-state index contributed by atoms with van der Waals surface area (Å²) in [4.78, 5) is 9.76. The number of halogens is 2. The number of hydrogen-bond acceptors (Lipinski definition) is 3. The fourth-order valence-corrected chi connectivity index (χ4v) is 1.83. The molecular formula is C12H11BrFN3. The molecule has 0 bridgehead atoms. The summed E-state index contributed by atoms with van der Waals surface area (Å²) in [5.74, 6) is 0.000873. The highest BCUT2D eigenvalue weighted by Gasteiger charge is 2.09. The molecule has 0 aliphatic rings. The zero-order valence-electron chi connectivity index (χ0n) is 9.27. The molecule has 2 heterocycles. The summed E-state index contributed by atoms with van der Waals surface area (Å²) in [6.07, 6.45) is 5.02. The molecule has 0 radical (unpaired) electrons. The Balaban J connectivity index is 2.17. The van der Waals surface area contributed by atoms with Gasteiger partial charge in [0.25, 0.3) is 0 Å². The number of nitrogens with zero attached hydrogens (tertiary/aromatic N) is 3. The Morgan fingerprint density at radius 1 is 1.35 bits per heavy atom. The van der Waals surface area contributed by atoms with Gasteiger partial charge in [-0.2, -0.15) is 0 Å². The van der Waals surface area contributed by atoms with E-state index in [2.05, 4.69) is 25.9 Å². The Kier molecular flexibility index (Phi) is 3.68. The predicted octanol–water partition coefficient (Wildman–Crippen LogP) is 3.01. The van der Waals surface area contributed by atoms with Gasteiger partial charge in [0.05, 0.1) is 0 Å². The normalized spacial score (nSPS) is 10.3. The molecule has 0 aliphatic heterocycles. The van der Waals surface area contributed by atoms with Crippen molar-refractivity contribution >= 4 is 21.7 Å². The fraction of sp³-hybridized carbons (Fsp3) is 0.167. The molecule has 2 aromatic rings. The first-order valence-electron chi connectivity index (χ1n) is 5.08. The van der Waals surface area contributed by atoms with E-state index in [-0.39, 0.29) is 5.82 Å². The van der Waals surface area contributed by atoms with Gasteiger partial charge in [0.1, 0.15) is 0 Å². The molecule has 0 aromatic carbocycles. The smallest absolute Gasteiger partial charge is 0.166 e. The highest BCUT2D eigenvalue weighted by Crippen LogP contribution is 2.20. The quantitative estimate of drug-likeness (QED) is 0.872. The van der Waals surface area contributed by atoms with Crippen LogP contribution in [0.3, 0.4) is 0 Å². The molecule has 0 unspecified atom stereocenters. The van der Waals surface area contributed by atoms with Gasteiger partial charge in [0.15, 0.2) is 11.6 Å². The van der Waals surface area contributed by atoms with E-state index in [4.69, 9.17) is 0 Å². The Morgan fingerprint density at radius 3 is 2.71 bits per heavy atom. The van der Waals surface area contributed by atoms with Crippen LogP contribution in [-0.2, 0) is 6.54 Å². The van der Waals surface area contributed by atoms with Gasteiger partial charge in [-0.05, 0) is 39.7 Å². The largest absolute Gasteiger partial charge is 0.353 e. The standard InChI is InChI=1S/C12H11BrFN3/c1-17(8-9-2-4-15-5-3-9)12-11(14)6-10(13)7-16-12/h2-7H,8H2,1H3. The van der Waals surface area contributed by atoms with Crippen molar-refractivity contribution in [1.29, 1.82) is 0 Å². The number of rotatable bonds is 3. The van der Waals surface area contributed by atoms with Crippen LogP contribution in [0.2, 0.25) is 0 Å². The maximum atomic E-state index is 13.7. The maximum absolute atomic E-state index is 13.7. The summed E-state index contributed by atoms with van der Waals surface area (Å²) in [6.45, 7) is 0.591. The molecular weight excluding hydrogens is 285 g/mol. The maximum Gasteiger partial charge on any atom is 0.166 e. The average Bonchev–Trinajstić information content (AvgIpc) is 2.30. The molecule has 0 spiro atoms. The Morgan fingerprint density at radius 2 is 2.06 bits per heavy atom. The average molecular weight is 296 g/mol. The van der Waals surface area contributed by atoms with Crippen LogP contribution in [-0.4, -0.2) is 17.0 Å². The summed E-state index contributed by atoms with van der Waals surface area (Å²) in [5, 5.41) is 0. The summed E-state index contributed by atoms with van der Waals surface area (Å²) in [6, 6.07) is 5.20. The lowest BCUT2D eigenvalue weighted by molar-refractivity contribution is 0.613. The van der Waals surface area contributed by atoms with E-state index in [1.807, 2.05) is 12.1 Å². The van der Waals surface area contributed by atoms with Crippen molar-refractivity contribution in [2.45, 2.75) is 6.54 Å². The third kappa shape index (κ3) is 3.00. The fourth-order valence-electron chi connectivity index (χ4n) is 1.53. The summed E-state index contributed by atoms with van der Waals surface area (Å²) in [5.41, 5.74) is 1.06. The van der Waals surface area contributed by atoms with Crippen molar-refractivity contribution in [3.63, 3.8) is 0 Å². The second-order valence-electron chi connectivity index (χ2n) is 3.67. The zero-order valence-corrected chi connectivity index (χ0v) is 10.9. The van der Waals surface area contributed by atoms with Crippen LogP contribution in [0.1, 0.15) is 5.56 Å². The van der Waals surface area contributed by atoms with Gasteiger partial charge in [-0.15, -0.1) is 0 Å². The molecule has 2 rings (SSSR count). The molecule has 17 heavy (non-hydrogen) atoms. The molecule has 0 aliphatic carbocycles. The van der Waals surface area contributed by atoms with Crippen molar-refractivity contribution in [3.8, 4) is 0 Å². The Labute approximate surface area is 107 Å². The first-order valence-corrected chi connectivity index (χ1v) is 5.87. The van der Waals surface area contributed by atoms with Crippen LogP contribution in [0.5, 0.6) is 0 Å². The Bertz CT molecular complexity index is 504. The first-order chi connectivity index (χ1) is 8.16. The van der Waals surface area contributed by atoms with E-state index >= 15 is 0 Å². The molecule has 0 atom stereocenters. The lowest BCUT2D eigenvalue weighted by Gasteiger charge is -2.18. The van der Waals surface area contributed by atoms with Crippen LogP contribution < -0.4 is 4.90 Å². The molecule has 0 N–H and O–H groups in total. The SMILES string of the molecule is CN(Cc1ccncc1)c1ncc(Br)cc1F. The summed E-state index contributed by atoms with van der Waals surface area (Å²) in [7, 11) is 1.81. The third-order valence-corrected chi connectivity index (χ3v) is 2.75. The zero-order chi connectivity index (χ0) is 12.3. The lowest BCUT2D eigenvalue weighted by atomic mass is 10.2. The van der Waals surface area contributed by atoms with E-state index in [0.29, 0.717) is 16.8 Å². The highest BCUT2D eigenvalue weighted by atomic mass is 79.9. The summed E-state index contributed by atoms with van der Waals surface area (Å²) < 4.78 is 14.3. The van der Waals surface area contributed by atoms with Gasteiger partial charge in [0, 0.05) is 36.7 Å². The van der Waals surface area contributed by atoms with E-state index < -0.39 is 0 Å². The van der Waals surface area contributed by atoms with Crippen LogP contribution in [0, 0.1) is 5.82 Å². The molecule has 2 aromatic heterocycles. The van der Waals surface area contributed by atoms with Gasteiger partial charge < -0.3 is 4.90 Å². The van der Waals surface area contributed by atoms with Crippen LogP contribution in [0.15, 0.2) is 41.3 Å². The van der Waals surface area contributed by atoms with Gasteiger partial charge in [-0.25, -0.2) is 9.37 Å². The van der Waals surface area contributed by atoms with Crippen molar-refractivity contribution in [1.82, 2.24) is 9.97 Å². The van der Waals surface area contributed by atoms with E-state index in [1.54, 1.807) is 30.5 Å². The summed E-state index contributed by atoms with van der Waals surface area (Å²) >= 11 is 3.18. The topological polar surface area (TPSA) is 29.0 Å². The van der Waals surface area contributed by atoms with E-state index in [9.17, 15) is 4.39 Å². The van der Waals surface area contributed by atoms with Crippen LogP contribution >= 0.6 is 15.9 Å². The second kappa shape index (κ2) is 5.23. The van der Waals surface area contributed by atoms with Crippen LogP contribution in [0.25, 0.3) is 0 Å². The van der Waals surface area contributed by atoms with E-state index in [0.717, 1.165) is 5.56 Å². The minimum Gasteiger partial charge on any atom is -0.353 e. The minimum absolute atomic E-state index is 0.337. The number of pyridine rings is 2. The number of hydrogen-bond donors (Lipinski definition) is 0. The second-order valence-corrected chi connectivity index (χ2v) is 4.59. The van der Waals surface area contributed by atoms with E-state index in [1.165, 1.54) is 6.07 Å². The number of anilines is 1. The minimum atomic E-state index is -0.337. The Hall–Kier alpha value is -1.49. The van der Waals surface area contributed by atoms with Crippen molar-refractivity contribution in [2.75, 3.05) is 11.9 Å².